The molecule has 0 aliphatic heterocycles. The van der Waals surface area contributed by atoms with Crippen molar-refractivity contribution < 1.29 is 0 Å². The van der Waals surface area contributed by atoms with E-state index in [-0.39, 0.29) is 0 Å². The molecular formula is C16H16N2S. The van der Waals surface area contributed by atoms with Crippen LogP contribution in [0.1, 0.15) is 10.4 Å². The van der Waals surface area contributed by atoms with Crippen molar-refractivity contribution in [2.45, 2.75) is 13.3 Å². The lowest BCUT2D eigenvalue weighted by Crippen LogP contribution is -2.07. The van der Waals surface area contributed by atoms with Crippen LogP contribution in [0.25, 0.3) is 10.9 Å². The van der Waals surface area contributed by atoms with Crippen LogP contribution in [0, 0.1) is 6.92 Å². The van der Waals surface area contributed by atoms with Gasteiger partial charge in [-0.15, -0.1) is 11.3 Å². The van der Waals surface area contributed by atoms with E-state index in [4.69, 9.17) is 0 Å². The van der Waals surface area contributed by atoms with Gasteiger partial charge < -0.3 is 5.32 Å². The van der Waals surface area contributed by atoms with E-state index in [0.29, 0.717) is 0 Å². The van der Waals surface area contributed by atoms with Gasteiger partial charge in [0.15, 0.2) is 0 Å². The lowest BCUT2D eigenvalue weighted by molar-refractivity contribution is 1.03. The molecule has 0 fully saturated rings. The fraction of sp³-hybridized carbons (Fsp3) is 0.188. The third-order valence-corrected chi connectivity index (χ3v) is 4.09. The minimum absolute atomic E-state index is 0.923. The lowest BCUT2D eigenvalue weighted by Gasteiger charge is -2.09. The molecule has 0 atom stereocenters. The zero-order chi connectivity index (χ0) is 13.1. The van der Waals surface area contributed by atoms with Crippen LogP contribution in [0.2, 0.25) is 0 Å². The van der Waals surface area contributed by atoms with Gasteiger partial charge in [0.25, 0.3) is 0 Å². The molecule has 0 spiro atoms. The Balaban J connectivity index is 1.75. The van der Waals surface area contributed by atoms with Crippen molar-refractivity contribution in [3.8, 4) is 0 Å². The van der Waals surface area contributed by atoms with E-state index in [9.17, 15) is 0 Å². The van der Waals surface area contributed by atoms with E-state index >= 15 is 0 Å². The van der Waals surface area contributed by atoms with Crippen molar-refractivity contribution in [2.75, 3.05) is 11.9 Å². The average molecular weight is 268 g/mol. The largest absolute Gasteiger partial charge is 0.369 e. The van der Waals surface area contributed by atoms with Crippen LogP contribution in [0.15, 0.2) is 47.8 Å². The molecule has 2 heterocycles. The highest BCUT2D eigenvalue weighted by Crippen LogP contribution is 2.19. The van der Waals surface area contributed by atoms with Crippen LogP contribution in [0.3, 0.4) is 0 Å². The number of anilines is 1. The van der Waals surface area contributed by atoms with Crippen molar-refractivity contribution >= 4 is 28.1 Å². The maximum Gasteiger partial charge on any atom is 0.129 e. The van der Waals surface area contributed by atoms with Gasteiger partial charge in [-0.05, 0) is 42.5 Å². The summed E-state index contributed by atoms with van der Waals surface area (Å²) in [7, 11) is 0. The number of aryl methyl sites for hydroxylation is 1. The first kappa shape index (κ1) is 12.2. The maximum atomic E-state index is 4.69. The van der Waals surface area contributed by atoms with Crippen LogP contribution in [0.5, 0.6) is 0 Å². The molecule has 0 unspecified atom stereocenters. The summed E-state index contributed by atoms with van der Waals surface area (Å²) in [5, 5.41) is 6.76. The fourth-order valence-electron chi connectivity index (χ4n) is 2.16. The molecule has 0 saturated heterocycles. The van der Waals surface area contributed by atoms with Gasteiger partial charge in [-0.2, -0.15) is 0 Å². The van der Waals surface area contributed by atoms with Gasteiger partial charge in [-0.3, -0.25) is 0 Å². The van der Waals surface area contributed by atoms with E-state index in [1.54, 1.807) is 11.3 Å². The van der Waals surface area contributed by atoms with E-state index in [2.05, 4.69) is 52.9 Å². The molecule has 3 aromatic rings. The molecule has 0 aliphatic rings. The average Bonchev–Trinajstić information content (AvgIpc) is 2.92. The number of hydrogen-bond acceptors (Lipinski definition) is 3. The first-order valence-corrected chi connectivity index (χ1v) is 7.33. The number of aromatic nitrogens is 1. The van der Waals surface area contributed by atoms with Gasteiger partial charge in [-0.25, -0.2) is 4.98 Å². The van der Waals surface area contributed by atoms with Crippen molar-refractivity contribution in [1.82, 2.24) is 4.98 Å². The molecule has 0 aliphatic carbocycles. The van der Waals surface area contributed by atoms with Crippen LogP contribution in [-0.4, -0.2) is 11.5 Å². The Bertz CT molecular complexity index is 674. The summed E-state index contributed by atoms with van der Waals surface area (Å²) in [5.41, 5.74) is 2.25. The van der Waals surface area contributed by atoms with E-state index in [1.165, 1.54) is 15.8 Å². The van der Waals surface area contributed by atoms with Crippen molar-refractivity contribution in [1.29, 1.82) is 0 Å². The number of fused-ring (bicyclic) bond motifs is 1. The van der Waals surface area contributed by atoms with Gasteiger partial charge in [0.05, 0.1) is 5.52 Å². The van der Waals surface area contributed by atoms with E-state index in [1.807, 2.05) is 12.1 Å². The van der Waals surface area contributed by atoms with Crippen LogP contribution < -0.4 is 5.32 Å². The highest BCUT2D eigenvalue weighted by molar-refractivity contribution is 7.09. The van der Waals surface area contributed by atoms with Gasteiger partial charge in [0, 0.05) is 16.8 Å². The number of pyridine rings is 1. The monoisotopic (exact) mass is 268 g/mol. The fourth-order valence-corrected chi connectivity index (χ4v) is 2.87. The molecule has 3 heteroatoms. The molecule has 0 radical (unpaired) electrons. The Kier molecular flexibility index (Phi) is 3.47. The number of para-hydroxylation sites is 1. The van der Waals surface area contributed by atoms with Crippen molar-refractivity contribution in [2.24, 2.45) is 0 Å². The molecule has 0 saturated carbocycles. The zero-order valence-electron chi connectivity index (χ0n) is 10.9. The van der Waals surface area contributed by atoms with Gasteiger partial charge in [0.1, 0.15) is 5.82 Å². The predicted molar refractivity (Wildman–Crippen MR) is 83.0 cm³/mol. The minimum Gasteiger partial charge on any atom is -0.369 e. The number of thiophene rings is 1. The van der Waals surface area contributed by atoms with Crippen LogP contribution in [-0.2, 0) is 6.42 Å². The summed E-state index contributed by atoms with van der Waals surface area (Å²) in [6, 6.07) is 14.7. The Morgan fingerprint density at radius 3 is 2.89 bits per heavy atom. The molecular weight excluding hydrogens is 252 g/mol. The topological polar surface area (TPSA) is 24.9 Å². The molecule has 3 rings (SSSR count). The summed E-state index contributed by atoms with van der Waals surface area (Å²) in [6.45, 7) is 3.03. The smallest absolute Gasteiger partial charge is 0.129 e. The van der Waals surface area contributed by atoms with Crippen LogP contribution >= 0.6 is 11.3 Å². The molecule has 96 valence electrons. The molecule has 0 bridgehead atoms. The second kappa shape index (κ2) is 5.41. The third-order valence-electron chi connectivity index (χ3n) is 3.16. The summed E-state index contributed by atoms with van der Waals surface area (Å²) >= 11 is 1.80. The van der Waals surface area contributed by atoms with Crippen molar-refractivity contribution in [3.63, 3.8) is 0 Å². The number of benzene rings is 1. The minimum atomic E-state index is 0.923. The summed E-state index contributed by atoms with van der Waals surface area (Å²) in [4.78, 5) is 6.09. The third kappa shape index (κ3) is 2.76. The quantitative estimate of drug-likeness (QED) is 0.764. The SMILES string of the molecule is Cc1cc2ccccc2nc1NCCc1cccs1. The lowest BCUT2D eigenvalue weighted by atomic mass is 10.1. The summed E-state index contributed by atoms with van der Waals surface area (Å²) < 4.78 is 0. The Labute approximate surface area is 117 Å². The molecule has 2 nitrogen and oxygen atoms in total. The molecule has 1 aromatic carbocycles. The number of nitrogens with zero attached hydrogens (tertiary/aromatic N) is 1. The van der Waals surface area contributed by atoms with Crippen LogP contribution in [0.4, 0.5) is 5.82 Å². The summed E-state index contributed by atoms with van der Waals surface area (Å²) in [6.07, 6.45) is 1.05. The first-order valence-electron chi connectivity index (χ1n) is 6.45. The van der Waals surface area contributed by atoms with Gasteiger partial charge >= 0.3 is 0 Å². The van der Waals surface area contributed by atoms with Gasteiger partial charge in [0.2, 0.25) is 0 Å². The molecule has 1 N–H and O–H groups in total. The number of hydrogen-bond donors (Lipinski definition) is 1. The standard InChI is InChI=1S/C16H16N2S/c1-12-11-13-5-2-3-7-15(13)18-16(12)17-9-8-14-6-4-10-19-14/h2-7,10-11H,8-9H2,1H3,(H,17,18). The number of nitrogens with one attached hydrogen (secondary N) is 1. The zero-order valence-corrected chi connectivity index (χ0v) is 11.7. The number of rotatable bonds is 4. The Morgan fingerprint density at radius 1 is 1.16 bits per heavy atom. The van der Waals surface area contributed by atoms with Gasteiger partial charge in [-0.1, -0.05) is 24.3 Å². The summed E-state index contributed by atoms with van der Waals surface area (Å²) in [5.74, 6) is 0.996. The molecule has 2 aromatic heterocycles. The predicted octanol–water partition coefficient (Wildman–Crippen LogP) is 4.26. The normalized spacial score (nSPS) is 10.8. The van der Waals surface area contributed by atoms with Crippen molar-refractivity contribution in [3.05, 3.63) is 58.3 Å². The Morgan fingerprint density at radius 2 is 2.05 bits per heavy atom. The van der Waals surface area contributed by atoms with E-state index in [0.717, 1.165) is 24.3 Å². The maximum absolute atomic E-state index is 4.69. The highest BCUT2D eigenvalue weighted by Gasteiger charge is 2.02. The second-order valence-electron chi connectivity index (χ2n) is 4.60. The second-order valence-corrected chi connectivity index (χ2v) is 5.63. The molecule has 0 amide bonds. The first-order chi connectivity index (χ1) is 9.33. The Hall–Kier alpha value is -1.87. The highest BCUT2D eigenvalue weighted by atomic mass is 32.1. The molecule has 19 heavy (non-hydrogen) atoms. The van der Waals surface area contributed by atoms with E-state index < -0.39 is 0 Å².